The van der Waals surface area contributed by atoms with Crippen molar-refractivity contribution in [1.82, 2.24) is 0 Å². The van der Waals surface area contributed by atoms with Crippen LogP contribution in [0.4, 0.5) is 0 Å². The second-order valence-electron chi connectivity index (χ2n) is 5.02. The third-order valence-electron chi connectivity index (χ3n) is 3.85. The van der Waals surface area contributed by atoms with Gasteiger partial charge in [0.15, 0.2) is 0 Å². The van der Waals surface area contributed by atoms with Crippen molar-refractivity contribution in [3.8, 4) is 0 Å². The van der Waals surface area contributed by atoms with Crippen LogP contribution in [0.25, 0.3) is 10.8 Å². The fourth-order valence-electron chi connectivity index (χ4n) is 2.78. The van der Waals surface area contributed by atoms with Gasteiger partial charge >= 0.3 is 0 Å². The van der Waals surface area contributed by atoms with Crippen LogP contribution in [-0.4, -0.2) is 5.11 Å². The summed E-state index contributed by atoms with van der Waals surface area (Å²) in [5.74, 6) is 0. The van der Waals surface area contributed by atoms with Crippen molar-refractivity contribution in [2.24, 2.45) is 0 Å². The average Bonchev–Trinajstić information content (AvgIpc) is 2.53. The van der Waals surface area contributed by atoms with E-state index in [2.05, 4.69) is 31.2 Å². The molecular formula is C19H18O. The van der Waals surface area contributed by atoms with E-state index in [1.807, 2.05) is 42.5 Å². The van der Waals surface area contributed by atoms with E-state index in [0.29, 0.717) is 0 Å². The van der Waals surface area contributed by atoms with Crippen LogP contribution in [0, 0.1) is 0 Å². The summed E-state index contributed by atoms with van der Waals surface area (Å²) in [6, 6.07) is 22.4. The molecule has 3 aromatic rings. The number of aliphatic hydroxyl groups is 1. The van der Waals surface area contributed by atoms with E-state index in [4.69, 9.17) is 0 Å². The fraction of sp³-hybridized carbons (Fsp3) is 0.158. The quantitative estimate of drug-likeness (QED) is 0.737. The molecule has 0 radical (unpaired) electrons. The molecule has 1 heteroatoms. The molecule has 0 aromatic heterocycles. The highest BCUT2D eigenvalue weighted by atomic mass is 16.3. The molecule has 20 heavy (non-hydrogen) atoms. The van der Waals surface area contributed by atoms with Crippen LogP contribution in [-0.2, 0) is 6.42 Å². The molecule has 1 unspecified atom stereocenters. The number of hydrogen-bond donors (Lipinski definition) is 1. The Kier molecular flexibility index (Phi) is 3.53. The lowest BCUT2D eigenvalue weighted by Crippen LogP contribution is -2.04. The molecular weight excluding hydrogens is 244 g/mol. The Morgan fingerprint density at radius 3 is 2.30 bits per heavy atom. The van der Waals surface area contributed by atoms with Gasteiger partial charge in [-0.15, -0.1) is 0 Å². The molecule has 0 amide bonds. The Morgan fingerprint density at radius 2 is 1.45 bits per heavy atom. The van der Waals surface area contributed by atoms with Crippen molar-refractivity contribution < 1.29 is 5.11 Å². The number of benzene rings is 3. The zero-order valence-corrected chi connectivity index (χ0v) is 11.6. The Balaban J connectivity index is 2.15. The minimum atomic E-state index is -0.572. The van der Waals surface area contributed by atoms with Crippen LogP contribution in [0.1, 0.15) is 29.7 Å². The zero-order valence-electron chi connectivity index (χ0n) is 11.6. The van der Waals surface area contributed by atoms with E-state index in [9.17, 15) is 5.11 Å². The van der Waals surface area contributed by atoms with Gasteiger partial charge in [-0.25, -0.2) is 0 Å². The van der Waals surface area contributed by atoms with Gasteiger partial charge in [-0.05, 0) is 33.9 Å². The number of rotatable bonds is 3. The number of hydrogen-bond acceptors (Lipinski definition) is 1. The van der Waals surface area contributed by atoms with Crippen molar-refractivity contribution in [3.63, 3.8) is 0 Å². The molecule has 0 heterocycles. The molecule has 0 aliphatic heterocycles. The molecule has 100 valence electrons. The van der Waals surface area contributed by atoms with Gasteiger partial charge in [-0.1, -0.05) is 73.7 Å². The molecule has 0 spiro atoms. The van der Waals surface area contributed by atoms with Crippen LogP contribution >= 0.6 is 0 Å². The average molecular weight is 262 g/mol. The molecule has 0 saturated carbocycles. The molecule has 1 nitrogen and oxygen atoms in total. The van der Waals surface area contributed by atoms with Crippen LogP contribution in [0.2, 0.25) is 0 Å². The van der Waals surface area contributed by atoms with Gasteiger partial charge in [0.05, 0.1) is 0 Å². The van der Waals surface area contributed by atoms with Gasteiger partial charge in [-0.2, -0.15) is 0 Å². The standard InChI is InChI=1S/C19H18O/c1-2-14-8-3-6-12-17(14)19(20)18-13-7-10-15-9-4-5-11-16(15)18/h3-13,19-20H,2H2,1H3. The molecule has 0 aliphatic rings. The van der Waals surface area contributed by atoms with Crippen LogP contribution in [0.5, 0.6) is 0 Å². The number of fused-ring (bicyclic) bond motifs is 1. The van der Waals surface area contributed by atoms with Gasteiger partial charge < -0.3 is 5.11 Å². The highest BCUT2D eigenvalue weighted by Gasteiger charge is 2.15. The van der Waals surface area contributed by atoms with Gasteiger partial charge in [0.25, 0.3) is 0 Å². The van der Waals surface area contributed by atoms with Gasteiger partial charge in [0, 0.05) is 0 Å². The summed E-state index contributed by atoms with van der Waals surface area (Å²) in [7, 11) is 0. The van der Waals surface area contributed by atoms with Crippen molar-refractivity contribution in [2.45, 2.75) is 19.4 Å². The van der Waals surface area contributed by atoms with Crippen LogP contribution < -0.4 is 0 Å². The molecule has 0 saturated heterocycles. The van der Waals surface area contributed by atoms with Gasteiger partial charge in [-0.3, -0.25) is 0 Å². The number of aryl methyl sites for hydroxylation is 1. The highest BCUT2D eigenvalue weighted by molar-refractivity contribution is 5.86. The second kappa shape index (κ2) is 5.48. The molecule has 0 bridgehead atoms. The first-order chi connectivity index (χ1) is 9.81. The van der Waals surface area contributed by atoms with Crippen LogP contribution in [0.3, 0.4) is 0 Å². The van der Waals surface area contributed by atoms with Crippen LogP contribution in [0.15, 0.2) is 66.7 Å². The lowest BCUT2D eigenvalue weighted by molar-refractivity contribution is 0.221. The minimum Gasteiger partial charge on any atom is -0.384 e. The first-order valence-corrected chi connectivity index (χ1v) is 7.04. The maximum atomic E-state index is 10.8. The number of aliphatic hydroxyl groups excluding tert-OH is 1. The van der Waals surface area contributed by atoms with E-state index >= 15 is 0 Å². The van der Waals surface area contributed by atoms with Gasteiger partial charge in [0.1, 0.15) is 6.10 Å². The highest BCUT2D eigenvalue weighted by Crippen LogP contribution is 2.30. The lowest BCUT2D eigenvalue weighted by atomic mass is 9.92. The summed E-state index contributed by atoms with van der Waals surface area (Å²) in [5.41, 5.74) is 3.18. The zero-order chi connectivity index (χ0) is 13.9. The van der Waals surface area contributed by atoms with Crippen molar-refractivity contribution >= 4 is 10.8 Å². The molecule has 0 fully saturated rings. The normalized spacial score (nSPS) is 12.5. The van der Waals surface area contributed by atoms with E-state index in [1.165, 1.54) is 5.56 Å². The molecule has 0 aliphatic carbocycles. The molecule has 3 aromatic carbocycles. The predicted octanol–water partition coefficient (Wildman–Crippen LogP) is 4.48. The Hall–Kier alpha value is -2.12. The Labute approximate surface area is 119 Å². The van der Waals surface area contributed by atoms with E-state index in [-0.39, 0.29) is 0 Å². The second-order valence-corrected chi connectivity index (χ2v) is 5.02. The summed E-state index contributed by atoms with van der Waals surface area (Å²) < 4.78 is 0. The molecule has 1 atom stereocenters. The summed E-state index contributed by atoms with van der Waals surface area (Å²) in [6.45, 7) is 2.12. The maximum Gasteiger partial charge on any atom is 0.105 e. The smallest absolute Gasteiger partial charge is 0.105 e. The Morgan fingerprint density at radius 1 is 0.800 bits per heavy atom. The summed E-state index contributed by atoms with van der Waals surface area (Å²) in [6.07, 6.45) is 0.357. The van der Waals surface area contributed by atoms with Crippen molar-refractivity contribution in [2.75, 3.05) is 0 Å². The summed E-state index contributed by atoms with van der Waals surface area (Å²) >= 11 is 0. The molecule has 1 N–H and O–H groups in total. The topological polar surface area (TPSA) is 20.2 Å². The summed E-state index contributed by atoms with van der Waals surface area (Å²) in [5, 5.41) is 13.1. The minimum absolute atomic E-state index is 0.572. The molecule has 3 rings (SSSR count). The van der Waals surface area contributed by atoms with E-state index in [1.54, 1.807) is 0 Å². The van der Waals surface area contributed by atoms with Gasteiger partial charge in [0.2, 0.25) is 0 Å². The SMILES string of the molecule is CCc1ccccc1C(O)c1cccc2ccccc12. The lowest BCUT2D eigenvalue weighted by Gasteiger charge is -2.17. The summed E-state index contributed by atoms with van der Waals surface area (Å²) in [4.78, 5) is 0. The van der Waals surface area contributed by atoms with Crippen molar-refractivity contribution in [1.29, 1.82) is 0 Å². The third kappa shape index (κ3) is 2.21. The first-order valence-electron chi connectivity index (χ1n) is 7.04. The fourth-order valence-corrected chi connectivity index (χ4v) is 2.78. The maximum absolute atomic E-state index is 10.8. The third-order valence-corrected chi connectivity index (χ3v) is 3.85. The van der Waals surface area contributed by atoms with E-state index < -0.39 is 6.10 Å². The first kappa shape index (κ1) is 12.9. The predicted molar refractivity (Wildman–Crippen MR) is 83.8 cm³/mol. The van der Waals surface area contributed by atoms with Crippen molar-refractivity contribution in [3.05, 3.63) is 83.4 Å². The monoisotopic (exact) mass is 262 g/mol. The Bertz CT molecular complexity index is 725. The van der Waals surface area contributed by atoms with E-state index in [0.717, 1.165) is 28.3 Å². The largest absolute Gasteiger partial charge is 0.384 e.